The molecule has 0 aliphatic heterocycles. The topological polar surface area (TPSA) is 74.0 Å². The van der Waals surface area contributed by atoms with Crippen molar-refractivity contribution < 1.29 is 8.42 Å². The molecule has 5 nitrogen and oxygen atoms in total. The molecule has 0 fully saturated rings. The number of hydrogen-bond donors (Lipinski definition) is 3. The molecule has 0 aromatic carbocycles. The van der Waals surface area contributed by atoms with Gasteiger partial charge in [-0.15, -0.1) is 0 Å². The Hall–Kier alpha value is -0.850. The fourth-order valence-electron chi connectivity index (χ4n) is 2.22. The molecule has 1 rings (SSSR count). The highest BCUT2D eigenvalue weighted by Gasteiger charge is 2.20. The molecule has 6 heteroatoms. The van der Waals surface area contributed by atoms with Crippen LogP contribution in [0.2, 0.25) is 0 Å². The van der Waals surface area contributed by atoms with Gasteiger partial charge >= 0.3 is 0 Å². The minimum Gasteiger partial charge on any atom is -0.363 e. The summed E-state index contributed by atoms with van der Waals surface area (Å²) in [5.41, 5.74) is 0.869. The van der Waals surface area contributed by atoms with Gasteiger partial charge in [0.1, 0.15) is 0 Å². The third-order valence-electron chi connectivity index (χ3n) is 3.26. The average molecular weight is 301 g/mol. The van der Waals surface area contributed by atoms with Gasteiger partial charge in [-0.3, -0.25) is 0 Å². The number of aromatic nitrogens is 1. The normalized spacial score (nSPS) is 13.6. The largest absolute Gasteiger partial charge is 0.363 e. The minimum atomic E-state index is -3.42. The lowest BCUT2D eigenvalue weighted by molar-refractivity contribution is 0.483. The van der Waals surface area contributed by atoms with Gasteiger partial charge in [-0.25, -0.2) is 13.1 Å². The smallest absolute Gasteiger partial charge is 0.242 e. The zero-order chi connectivity index (χ0) is 15.0. The Balaban J connectivity index is 2.74. The maximum absolute atomic E-state index is 12.3. The van der Waals surface area contributed by atoms with Crippen LogP contribution in [0.4, 0.5) is 0 Å². The molecule has 0 saturated heterocycles. The SMILES string of the molecule is CCCCC(CCC)NS(=O)(=O)c1c[nH]c(CNC)c1. The molecular formula is C14H27N3O2S. The van der Waals surface area contributed by atoms with E-state index in [0.29, 0.717) is 11.4 Å². The lowest BCUT2D eigenvalue weighted by atomic mass is 10.1. The molecule has 0 bridgehead atoms. The fourth-order valence-corrected chi connectivity index (χ4v) is 3.54. The summed E-state index contributed by atoms with van der Waals surface area (Å²) in [5.74, 6) is 0. The van der Waals surface area contributed by atoms with E-state index in [1.807, 2.05) is 7.05 Å². The molecule has 1 heterocycles. The molecule has 20 heavy (non-hydrogen) atoms. The maximum atomic E-state index is 12.3. The summed E-state index contributed by atoms with van der Waals surface area (Å²) in [7, 11) is -1.59. The Morgan fingerprint density at radius 2 is 2.00 bits per heavy atom. The molecule has 1 aromatic rings. The van der Waals surface area contributed by atoms with Crippen LogP contribution in [0, 0.1) is 0 Å². The molecule has 0 radical (unpaired) electrons. The third-order valence-corrected chi connectivity index (χ3v) is 4.76. The van der Waals surface area contributed by atoms with Crippen LogP contribution in [-0.4, -0.2) is 26.5 Å². The Labute approximate surface area is 122 Å². The highest BCUT2D eigenvalue weighted by molar-refractivity contribution is 7.89. The van der Waals surface area contributed by atoms with E-state index in [-0.39, 0.29) is 6.04 Å². The molecule has 1 aromatic heterocycles. The van der Waals surface area contributed by atoms with Crippen molar-refractivity contribution in [2.75, 3.05) is 7.05 Å². The van der Waals surface area contributed by atoms with Gasteiger partial charge in [-0.1, -0.05) is 33.1 Å². The highest BCUT2D eigenvalue weighted by Crippen LogP contribution is 2.14. The van der Waals surface area contributed by atoms with E-state index < -0.39 is 10.0 Å². The summed E-state index contributed by atoms with van der Waals surface area (Å²) in [6.45, 7) is 4.83. The van der Waals surface area contributed by atoms with Crippen molar-refractivity contribution in [1.82, 2.24) is 15.0 Å². The Bertz CT molecular complexity index is 482. The number of sulfonamides is 1. The van der Waals surface area contributed by atoms with E-state index in [0.717, 1.165) is 37.8 Å². The van der Waals surface area contributed by atoms with E-state index in [9.17, 15) is 8.42 Å². The first-order valence-electron chi connectivity index (χ1n) is 7.37. The number of aromatic amines is 1. The Morgan fingerprint density at radius 3 is 2.60 bits per heavy atom. The maximum Gasteiger partial charge on any atom is 0.242 e. The van der Waals surface area contributed by atoms with Crippen molar-refractivity contribution >= 4 is 10.0 Å². The van der Waals surface area contributed by atoms with Crippen LogP contribution in [0.3, 0.4) is 0 Å². The fraction of sp³-hybridized carbons (Fsp3) is 0.714. The Morgan fingerprint density at radius 1 is 1.25 bits per heavy atom. The van der Waals surface area contributed by atoms with Gasteiger partial charge in [0.15, 0.2) is 0 Å². The quantitative estimate of drug-likeness (QED) is 0.621. The van der Waals surface area contributed by atoms with Crippen molar-refractivity contribution in [2.24, 2.45) is 0 Å². The summed E-state index contributed by atoms with van der Waals surface area (Å²) in [5, 5.41) is 2.99. The average Bonchev–Trinajstić information content (AvgIpc) is 2.86. The first kappa shape index (κ1) is 17.2. The molecule has 3 N–H and O–H groups in total. The van der Waals surface area contributed by atoms with Crippen LogP contribution in [-0.2, 0) is 16.6 Å². The first-order chi connectivity index (χ1) is 9.53. The van der Waals surface area contributed by atoms with Crippen LogP contribution in [0.15, 0.2) is 17.2 Å². The molecule has 116 valence electrons. The second-order valence-corrected chi connectivity index (χ2v) is 6.85. The zero-order valence-electron chi connectivity index (χ0n) is 12.7. The first-order valence-corrected chi connectivity index (χ1v) is 8.86. The molecular weight excluding hydrogens is 274 g/mol. The monoisotopic (exact) mass is 301 g/mol. The van der Waals surface area contributed by atoms with Gasteiger partial charge in [-0.2, -0.15) is 0 Å². The summed E-state index contributed by atoms with van der Waals surface area (Å²) in [6, 6.07) is 1.72. The number of H-pyrrole nitrogens is 1. The van der Waals surface area contributed by atoms with Crippen LogP contribution < -0.4 is 10.0 Å². The summed E-state index contributed by atoms with van der Waals surface area (Å²) in [4.78, 5) is 3.30. The number of unbranched alkanes of at least 4 members (excludes halogenated alkanes) is 1. The predicted molar refractivity (Wildman–Crippen MR) is 82.1 cm³/mol. The van der Waals surface area contributed by atoms with Crippen molar-refractivity contribution in [3.05, 3.63) is 18.0 Å². The van der Waals surface area contributed by atoms with E-state index in [1.54, 1.807) is 12.3 Å². The number of rotatable bonds is 10. The number of nitrogens with one attached hydrogen (secondary N) is 3. The summed E-state index contributed by atoms with van der Waals surface area (Å²) in [6.07, 6.45) is 6.45. The second-order valence-electron chi connectivity index (χ2n) is 5.14. The van der Waals surface area contributed by atoms with Crippen LogP contribution in [0.5, 0.6) is 0 Å². The van der Waals surface area contributed by atoms with Gasteiger partial charge in [0.05, 0.1) is 4.90 Å². The Kier molecular flexibility index (Phi) is 7.26. The van der Waals surface area contributed by atoms with Crippen molar-refractivity contribution in [2.45, 2.75) is 63.4 Å². The zero-order valence-corrected chi connectivity index (χ0v) is 13.5. The van der Waals surface area contributed by atoms with Gasteiger partial charge in [-0.05, 0) is 26.0 Å². The molecule has 1 unspecified atom stereocenters. The van der Waals surface area contributed by atoms with Gasteiger partial charge < -0.3 is 10.3 Å². The standard InChI is InChI=1S/C14H27N3O2S/c1-4-6-8-12(7-5-2)17-20(18,19)14-9-13(10-15-3)16-11-14/h9,11-12,15-17H,4-8,10H2,1-3H3. The van der Waals surface area contributed by atoms with Crippen molar-refractivity contribution in [1.29, 1.82) is 0 Å². The third kappa shape index (κ3) is 5.26. The van der Waals surface area contributed by atoms with Gasteiger partial charge in [0.25, 0.3) is 0 Å². The number of hydrogen-bond acceptors (Lipinski definition) is 3. The minimum absolute atomic E-state index is 0.0348. The second kappa shape index (κ2) is 8.44. The van der Waals surface area contributed by atoms with Crippen molar-refractivity contribution in [3.63, 3.8) is 0 Å². The lowest BCUT2D eigenvalue weighted by Gasteiger charge is -2.17. The predicted octanol–water partition coefficient (Wildman–Crippen LogP) is 2.37. The molecule has 0 aliphatic rings. The lowest BCUT2D eigenvalue weighted by Crippen LogP contribution is -2.34. The summed E-state index contributed by atoms with van der Waals surface area (Å²) < 4.78 is 27.5. The van der Waals surface area contributed by atoms with E-state index in [1.165, 1.54) is 0 Å². The van der Waals surface area contributed by atoms with E-state index in [4.69, 9.17) is 0 Å². The van der Waals surface area contributed by atoms with Crippen molar-refractivity contribution in [3.8, 4) is 0 Å². The molecule has 0 aliphatic carbocycles. The molecule has 0 amide bonds. The highest BCUT2D eigenvalue weighted by atomic mass is 32.2. The van der Waals surface area contributed by atoms with E-state index in [2.05, 4.69) is 28.9 Å². The van der Waals surface area contributed by atoms with E-state index >= 15 is 0 Å². The van der Waals surface area contributed by atoms with Crippen LogP contribution in [0.1, 0.15) is 51.6 Å². The van der Waals surface area contributed by atoms with Gasteiger partial charge in [0, 0.05) is 24.5 Å². The molecule has 0 saturated carbocycles. The van der Waals surface area contributed by atoms with Crippen LogP contribution in [0.25, 0.3) is 0 Å². The summed E-state index contributed by atoms with van der Waals surface area (Å²) >= 11 is 0. The molecule has 1 atom stereocenters. The van der Waals surface area contributed by atoms with Crippen LogP contribution >= 0.6 is 0 Å². The van der Waals surface area contributed by atoms with Gasteiger partial charge in [0.2, 0.25) is 10.0 Å². The molecule has 0 spiro atoms.